The molecule has 1 rings (SSSR count). The molecule has 1 fully saturated rings. The van der Waals surface area contributed by atoms with Gasteiger partial charge in [0.25, 0.3) is 0 Å². The van der Waals surface area contributed by atoms with Gasteiger partial charge in [-0.05, 0) is 19.1 Å². The predicted octanol–water partition coefficient (Wildman–Crippen LogP) is 0.818. The summed E-state index contributed by atoms with van der Waals surface area (Å²) in [6.07, 6.45) is 7.07. The predicted molar refractivity (Wildman–Crippen MR) is 63.6 cm³/mol. The van der Waals surface area contributed by atoms with Crippen molar-refractivity contribution in [2.45, 2.75) is 13.0 Å². The van der Waals surface area contributed by atoms with Crippen molar-refractivity contribution >= 4 is 5.91 Å². The number of ether oxygens (including phenoxy) is 1. The van der Waals surface area contributed by atoms with Crippen molar-refractivity contribution in [1.82, 2.24) is 4.90 Å². The quantitative estimate of drug-likeness (QED) is 0.716. The lowest BCUT2D eigenvalue weighted by Gasteiger charge is -2.33. The monoisotopic (exact) mass is 222 g/mol. The minimum atomic E-state index is -0.525. The Hall–Kier alpha value is -1.55. The van der Waals surface area contributed by atoms with Crippen LogP contribution in [0.2, 0.25) is 0 Å². The first-order valence-electron chi connectivity index (χ1n) is 5.30. The molecule has 0 aliphatic carbocycles. The minimum absolute atomic E-state index is 0.417. The third kappa shape index (κ3) is 3.24. The fourth-order valence-electron chi connectivity index (χ4n) is 1.55. The van der Waals surface area contributed by atoms with Crippen molar-refractivity contribution in [3.8, 4) is 0 Å². The number of nitrogens with two attached hydrogens (primary N) is 1. The summed E-state index contributed by atoms with van der Waals surface area (Å²) in [5.41, 5.74) is 6.20. The van der Waals surface area contributed by atoms with Gasteiger partial charge in [0, 0.05) is 12.2 Å². The third-order valence-electron chi connectivity index (χ3n) is 2.42. The van der Waals surface area contributed by atoms with Gasteiger partial charge in [-0.2, -0.15) is 0 Å². The Morgan fingerprint density at radius 1 is 1.62 bits per heavy atom. The summed E-state index contributed by atoms with van der Waals surface area (Å²) in [5.74, 6) is -0.417. The largest absolute Gasteiger partial charge is 0.367 e. The molecule has 0 radical (unpaired) electrons. The molecular formula is C12H18N2O2. The van der Waals surface area contributed by atoms with Gasteiger partial charge in [-0.15, -0.1) is 0 Å². The standard InChI is InChI=1S/C12H18N2O2/c1-3-5-6-10(4-2)14-7-8-16-11(9-14)12(13)15/h3-6,11H,2,7-9H2,1H3,(H2,13,15)/b5-3+,10-6+. The minimum Gasteiger partial charge on any atom is -0.367 e. The summed E-state index contributed by atoms with van der Waals surface area (Å²) in [7, 11) is 0. The van der Waals surface area contributed by atoms with Gasteiger partial charge < -0.3 is 15.4 Å². The maximum absolute atomic E-state index is 11.0. The molecular weight excluding hydrogens is 204 g/mol. The molecule has 1 amide bonds. The summed E-state index contributed by atoms with van der Waals surface area (Å²) < 4.78 is 5.27. The van der Waals surface area contributed by atoms with Gasteiger partial charge in [0.1, 0.15) is 0 Å². The number of hydrogen-bond donors (Lipinski definition) is 1. The first-order valence-corrected chi connectivity index (χ1v) is 5.30. The van der Waals surface area contributed by atoms with Crippen LogP contribution in [0.3, 0.4) is 0 Å². The highest BCUT2D eigenvalue weighted by atomic mass is 16.5. The second-order valence-corrected chi connectivity index (χ2v) is 3.53. The summed E-state index contributed by atoms with van der Waals surface area (Å²) in [5, 5.41) is 0. The summed E-state index contributed by atoms with van der Waals surface area (Å²) >= 11 is 0. The van der Waals surface area contributed by atoms with E-state index in [1.54, 1.807) is 6.08 Å². The lowest BCUT2D eigenvalue weighted by molar-refractivity contribution is -0.134. The van der Waals surface area contributed by atoms with E-state index >= 15 is 0 Å². The molecule has 4 heteroatoms. The van der Waals surface area contributed by atoms with Gasteiger partial charge in [-0.1, -0.05) is 18.7 Å². The van der Waals surface area contributed by atoms with Crippen molar-refractivity contribution in [3.63, 3.8) is 0 Å². The molecule has 1 atom stereocenters. The van der Waals surface area contributed by atoms with Gasteiger partial charge in [-0.3, -0.25) is 4.79 Å². The van der Waals surface area contributed by atoms with Crippen molar-refractivity contribution in [2.75, 3.05) is 19.7 Å². The van der Waals surface area contributed by atoms with Crippen LogP contribution in [0.1, 0.15) is 6.92 Å². The highest BCUT2D eigenvalue weighted by Gasteiger charge is 2.24. The molecule has 0 aromatic heterocycles. The SMILES string of the molecule is C=C/C(=C\C=C\C)N1CCOC(C(N)=O)C1. The number of morpholine rings is 1. The van der Waals surface area contributed by atoms with Crippen LogP contribution in [-0.4, -0.2) is 36.6 Å². The van der Waals surface area contributed by atoms with E-state index in [0.29, 0.717) is 13.2 Å². The number of allylic oxidation sites excluding steroid dienone is 4. The molecule has 0 spiro atoms. The molecule has 0 bridgehead atoms. The topological polar surface area (TPSA) is 55.6 Å². The molecule has 1 heterocycles. The van der Waals surface area contributed by atoms with E-state index in [9.17, 15) is 4.79 Å². The number of nitrogens with zero attached hydrogens (tertiary/aromatic N) is 1. The lowest BCUT2D eigenvalue weighted by atomic mass is 10.2. The molecule has 0 aromatic carbocycles. The van der Waals surface area contributed by atoms with Gasteiger partial charge in [0.05, 0.1) is 13.2 Å². The van der Waals surface area contributed by atoms with Gasteiger partial charge in [-0.25, -0.2) is 0 Å². The zero-order valence-corrected chi connectivity index (χ0v) is 9.56. The molecule has 0 aromatic rings. The van der Waals surface area contributed by atoms with Gasteiger partial charge >= 0.3 is 0 Å². The zero-order valence-electron chi connectivity index (χ0n) is 9.56. The fourth-order valence-corrected chi connectivity index (χ4v) is 1.55. The van der Waals surface area contributed by atoms with Crippen LogP contribution in [0.15, 0.2) is 36.6 Å². The normalized spacial score (nSPS) is 22.4. The van der Waals surface area contributed by atoms with Crippen LogP contribution in [0.25, 0.3) is 0 Å². The van der Waals surface area contributed by atoms with Crippen molar-refractivity contribution in [2.24, 2.45) is 5.73 Å². The fraction of sp³-hybridized carbons (Fsp3) is 0.417. The number of amides is 1. The highest BCUT2D eigenvalue weighted by molar-refractivity contribution is 5.79. The Morgan fingerprint density at radius 3 is 2.94 bits per heavy atom. The molecule has 1 unspecified atom stereocenters. The van der Waals surface area contributed by atoms with Crippen LogP contribution in [0.5, 0.6) is 0 Å². The van der Waals surface area contributed by atoms with E-state index < -0.39 is 12.0 Å². The Kier molecular flexibility index (Phi) is 4.79. The van der Waals surface area contributed by atoms with Crippen LogP contribution >= 0.6 is 0 Å². The maximum Gasteiger partial charge on any atom is 0.248 e. The van der Waals surface area contributed by atoms with E-state index in [2.05, 4.69) is 6.58 Å². The Labute approximate surface area is 96.1 Å². The van der Waals surface area contributed by atoms with Crippen molar-refractivity contribution in [1.29, 1.82) is 0 Å². The van der Waals surface area contributed by atoms with E-state index in [4.69, 9.17) is 10.5 Å². The first kappa shape index (κ1) is 12.5. The zero-order chi connectivity index (χ0) is 12.0. The van der Waals surface area contributed by atoms with Crippen LogP contribution in [0.4, 0.5) is 0 Å². The van der Waals surface area contributed by atoms with Crippen molar-refractivity contribution in [3.05, 3.63) is 36.6 Å². The molecule has 0 saturated carbocycles. The Morgan fingerprint density at radius 2 is 2.38 bits per heavy atom. The van der Waals surface area contributed by atoms with Gasteiger partial charge in [0.2, 0.25) is 5.91 Å². The molecule has 2 N–H and O–H groups in total. The van der Waals surface area contributed by atoms with E-state index in [1.807, 2.05) is 30.1 Å². The third-order valence-corrected chi connectivity index (χ3v) is 2.42. The number of carbonyl (C=O) groups is 1. The van der Waals surface area contributed by atoms with E-state index in [1.165, 1.54) is 0 Å². The van der Waals surface area contributed by atoms with Gasteiger partial charge in [0.15, 0.2) is 6.10 Å². The van der Waals surface area contributed by atoms with E-state index in [-0.39, 0.29) is 0 Å². The molecule has 16 heavy (non-hydrogen) atoms. The Bertz CT molecular complexity index is 321. The number of primary amides is 1. The number of carbonyl (C=O) groups excluding carboxylic acids is 1. The van der Waals surface area contributed by atoms with Crippen LogP contribution < -0.4 is 5.73 Å². The number of hydrogen-bond acceptors (Lipinski definition) is 3. The van der Waals surface area contributed by atoms with E-state index in [0.717, 1.165) is 12.2 Å². The van der Waals surface area contributed by atoms with Crippen molar-refractivity contribution < 1.29 is 9.53 Å². The Balaban J connectivity index is 2.71. The second-order valence-electron chi connectivity index (χ2n) is 3.53. The smallest absolute Gasteiger partial charge is 0.248 e. The molecule has 1 aliphatic heterocycles. The molecule has 1 saturated heterocycles. The number of rotatable bonds is 4. The van der Waals surface area contributed by atoms with Crippen LogP contribution in [-0.2, 0) is 9.53 Å². The summed E-state index contributed by atoms with van der Waals surface area (Å²) in [6.45, 7) is 7.45. The average Bonchev–Trinajstić information content (AvgIpc) is 2.30. The first-order chi connectivity index (χ1) is 7.69. The highest BCUT2D eigenvalue weighted by Crippen LogP contribution is 2.12. The average molecular weight is 222 g/mol. The second kappa shape index (κ2) is 6.12. The molecule has 88 valence electrons. The molecule has 1 aliphatic rings. The lowest BCUT2D eigenvalue weighted by Crippen LogP contribution is -2.47. The maximum atomic E-state index is 11.0. The summed E-state index contributed by atoms with van der Waals surface area (Å²) in [4.78, 5) is 13.1. The van der Waals surface area contributed by atoms with Crippen LogP contribution in [0, 0.1) is 0 Å². The molecule has 4 nitrogen and oxygen atoms in total. The summed E-state index contributed by atoms with van der Waals surface area (Å²) in [6, 6.07) is 0.